The lowest BCUT2D eigenvalue weighted by Gasteiger charge is -2.21. The number of imidazole rings is 1. The number of rotatable bonds is 9. The number of alkyl carbamates (subject to hydrolysis) is 1. The zero-order valence-electron chi connectivity index (χ0n) is 19.5. The van der Waals surface area contributed by atoms with Gasteiger partial charge < -0.3 is 20.4 Å². The van der Waals surface area contributed by atoms with Crippen LogP contribution in [0, 0.1) is 0 Å². The Labute approximate surface area is 204 Å². The number of nitrogens with one attached hydrogen (secondary N) is 3. The number of amides is 2. The zero-order chi connectivity index (χ0) is 24.5. The fraction of sp³-hybridized carbons (Fsp3) is 0.179. The number of H-pyrrole nitrogens is 1. The number of benzene rings is 3. The summed E-state index contributed by atoms with van der Waals surface area (Å²) in [5.74, 6) is 0.416. The van der Waals surface area contributed by atoms with Gasteiger partial charge in [0.05, 0.1) is 17.9 Å². The molecule has 3 aromatic carbocycles. The molecule has 4 aromatic rings. The molecule has 0 spiro atoms. The average molecular weight is 469 g/mol. The highest BCUT2D eigenvalue weighted by Gasteiger charge is 2.24. The largest absolute Gasteiger partial charge is 0.445 e. The third-order valence-electron chi connectivity index (χ3n) is 5.57. The van der Waals surface area contributed by atoms with E-state index in [1.54, 1.807) is 6.20 Å². The molecule has 35 heavy (non-hydrogen) atoms. The number of carbonyl (C=O) groups excluding carboxylic acids is 2. The number of aromatic amines is 1. The molecule has 1 heterocycles. The lowest BCUT2D eigenvalue weighted by molar-refractivity contribution is -0.123. The van der Waals surface area contributed by atoms with Crippen molar-refractivity contribution in [2.45, 2.75) is 32.0 Å². The van der Waals surface area contributed by atoms with Crippen molar-refractivity contribution in [3.63, 3.8) is 0 Å². The van der Waals surface area contributed by atoms with Gasteiger partial charge in [-0.2, -0.15) is 0 Å². The highest BCUT2D eigenvalue weighted by Crippen LogP contribution is 2.18. The maximum atomic E-state index is 13.2. The van der Waals surface area contributed by atoms with Gasteiger partial charge in [-0.3, -0.25) is 4.79 Å². The van der Waals surface area contributed by atoms with Crippen molar-refractivity contribution in [1.82, 2.24) is 20.6 Å². The Morgan fingerprint density at radius 3 is 2.11 bits per heavy atom. The van der Waals surface area contributed by atoms with Gasteiger partial charge in [0.2, 0.25) is 5.91 Å². The smallest absolute Gasteiger partial charge is 0.408 e. The molecule has 0 aliphatic rings. The van der Waals surface area contributed by atoms with E-state index >= 15 is 0 Å². The molecule has 0 bridgehead atoms. The van der Waals surface area contributed by atoms with Gasteiger partial charge >= 0.3 is 6.09 Å². The van der Waals surface area contributed by atoms with Crippen LogP contribution in [0.2, 0.25) is 0 Å². The van der Waals surface area contributed by atoms with Gasteiger partial charge in [-0.25, -0.2) is 9.78 Å². The molecule has 2 atom stereocenters. The summed E-state index contributed by atoms with van der Waals surface area (Å²) in [4.78, 5) is 33.4. The lowest BCUT2D eigenvalue weighted by Crippen LogP contribution is -2.48. The van der Waals surface area contributed by atoms with Crippen LogP contribution in [0.15, 0.2) is 97.2 Å². The van der Waals surface area contributed by atoms with Gasteiger partial charge in [-0.1, -0.05) is 91.0 Å². The minimum Gasteiger partial charge on any atom is -0.445 e. The van der Waals surface area contributed by atoms with Gasteiger partial charge in [0.15, 0.2) is 0 Å². The second-order valence-corrected chi connectivity index (χ2v) is 8.23. The van der Waals surface area contributed by atoms with Gasteiger partial charge in [-0.15, -0.1) is 0 Å². The first-order valence-corrected chi connectivity index (χ1v) is 11.5. The highest BCUT2D eigenvalue weighted by molar-refractivity contribution is 5.86. The zero-order valence-corrected chi connectivity index (χ0v) is 19.5. The fourth-order valence-electron chi connectivity index (χ4n) is 3.66. The van der Waals surface area contributed by atoms with Crippen LogP contribution in [0.25, 0.3) is 11.4 Å². The number of hydrogen-bond donors (Lipinski definition) is 3. The maximum Gasteiger partial charge on any atom is 0.408 e. The summed E-state index contributed by atoms with van der Waals surface area (Å²) < 4.78 is 5.34. The summed E-state index contributed by atoms with van der Waals surface area (Å²) in [5, 5.41) is 5.70. The molecule has 0 radical (unpaired) electrons. The summed E-state index contributed by atoms with van der Waals surface area (Å²) in [6, 6.07) is 27.6. The minimum absolute atomic E-state index is 0.124. The highest BCUT2D eigenvalue weighted by atomic mass is 16.5. The normalized spacial score (nSPS) is 12.4. The van der Waals surface area contributed by atoms with Crippen LogP contribution in [0.1, 0.15) is 29.8 Å². The molecule has 0 unspecified atom stereocenters. The van der Waals surface area contributed by atoms with E-state index in [2.05, 4.69) is 20.6 Å². The molecule has 0 saturated heterocycles. The molecular weight excluding hydrogens is 440 g/mol. The molecule has 1 aromatic heterocycles. The topological polar surface area (TPSA) is 96.1 Å². The van der Waals surface area contributed by atoms with Crippen molar-refractivity contribution in [1.29, 1.82) is 0 Å². The molecule has 0 fully saturated rings. The van der Waals surface area contributed by atoms with Crippen molar-refractivity contribution >= 4 is 12.0 Å². The summed E-state index contributed by atoms with van der Waals surface area (Å²) in [6.07, 6.45) is 1.39. The molecule has 4 rings (SSSR count). The molecule has 3 N–H and O–H groups in total. The van der Waals surface area contributed by atoms with Crippen molar-refractivity contribution in [2.24, 2.45) is 0 Å². The predicted molar refractivity (Wildman–Crippen MR) is 134 cm³/mol. The molecule has 0 aliphatic heterocycles. The van der Waals surface area contributed by atoms with Crippen molar-refractivity contribution < 1.29 is 14.3 Å². The molecular formula is C28H28N4O3. The van der Waals surface area contributed by atoms with Crippen LogP contribution < -0.4 is 10.6 Å². The Bertz CT molecular complexity index is 1230. The van der Waals surface area contributed by atoms with Crippen molar-refractivity contribution in [3.8, 4) is 11.4 Å². The third-order valence-corrected chi connectivity index (χ3v) is 5.57. The molecule has 7 heteroatoms. The average Bonchev–Trinajstić information content (AvgIpc) is 3.40. The van der Waals surface area contributed by atoms with E-state index in [1.165, 1.54) is 0 Å². The SMILES string of the molecule is C[C@H](NC(=O)[C@H](Cc1ccccc1)NC(=O)OCc1ccccc1)c1cnc(-c2ccccc2)[nH]1. The number of carbonyl (C=O) groups is 2. The summed E-state index contributed by atoms with van der Waals surface area (Å²) in [6.45, 7) is 1.99. The van der Waals surface area contributed by atoms with Crippen LogP contribution in [0.5, 0.6) is 0 Å². The standard InChI is InChI=1S/C28H28N4O3/c1-20(25-18-29-26(31-25)23-15-9-4-10-16-23)30-27(33)24(17-21-11-5-2-6-12-21)32-28(34)35-19-22-13-7-3-8-14-22/h2-16,18,20,24H,17,19H2,1H3,(H,29,31)(H,30,33)(H,32,34)/t20-,24-/m0/s1. The van der Waals surface area contributed by atoms with E-state index in [9.17, 15) is 9.59 Å². The Balaban J connectivity index is 1.41. The first-order valence-electron chi connectivity index (χ1n) is 11.5. The molecule has 0 saturated carbocycles. The van der Waals surface area contributed by atoms with E-state index in [-0.39, 0.29) is 18.6 Å². The van der Waals surface area contributed by atoms with Crippen molar-refractivity contribution in [2.75, 3.05) is 0 Å². The predicted octanol–water partition coefficient (Wildman–Crippen LogP) is 4.79. The van der Waals surface area contributed by atoms with Crippen LogP contribution >= 0.6 is 0 Å². The Morgan fingerprint density at radius 2 is 1.46 bits per heavy atom. The Kier molecular flexibility index (Phi) is 7.91. The van der Waals surface area contributed by atoms with E-state index in [0.29, 0.717) is 6.42 Å². The second-order valence-electron chi connectivity index (χ2n) is 8.23. The fourth-order valence-corrected chi connectivity index (χ4v) is 3.66. The Hall–Kier alpha value is -4.39. The maximum absolute atomic E-state index is 13.2. The summed E-state index contributed by atoms with van der Waals surface area (Å²) in [7, 11) is 0. The molecule has 178 valence electrons. The molecule has 7 nitrogen and oxygen atoms in total. The van der Waals surface area contributed by atoms with E-state index in [4.69, 9.17) is 4.74 Å². The number of nitrogens with zero attached hydrogens (tertiary/aromatic N) is 1. The monoisotopic (exact) mass is 468 g/mol. The van der Waals surface area contributed by atoms with Crippen LogP contribution in [0.3, 0.4) is 0 Å². The van der Waals surface area contributed by atoms with Crippen LogP contribution in [-0.4, -0.2) is 28.0 Å². The Morgan fingerprint density at radius 1 is 0.857 bits per heavy atom. The number of aromatic nitrogens is 2. The van der Waals surface area contributed by atoms with Gasteiger partial charge in [0.25, 0.3) is 0 Å². The van der Waals surface area contributed by atoms with Crippen LogP contribution in [-0.2, 0) is 22.6 Å². The first-order chi connectivity index (χ1) is 17.1. The quantitative estimate of drug-likeness (QED) is 0.329. The third kappa shape index (κ3) is 6.80. The number of ether oxygens (including phenoxy) is 1. The van der Waals surface area contributed by atoms with Crippen molar-refractivity contribution in [3.05, 3.63) is 114 Å². The van der Waals surface area contributed by atoms with Gasteiger partial charge in [0.1, 0.15) is 18.5 Å². The second kappa shape index (κ2) is 11.7. The van der Waals surface area contributed by atoms with E-state index < -0.39 is 12.1 Å². The number of hydrogen-bond acceptors (Lipinski definition) is 4. The summed E-state index contributed by atoms with van der Waals surface area (Å²) >= 11 is 0. The van der Waals surface area contributed by atoms with Crippen LogP contribution in [0.4, 0.5) is 4.79 Å². The molecule has 0 aliphatic carbocycles. The minimum atomic E-state index is -0.806. The lowest BCUT2D eigenvalue weighted by atomic mass is 10.0. The van der Waals surface area contributed by atoms with E-state index in [1.807, 2.05) is 97.9 Å². The van der Waals surface area contributed by atoms with E-state index in [0.717, 1.165) is 28.2 Å². The first kappa shape index (κ1) is 23.8. The van der Waals surface area contributed by atoms with Gasteiger partial charge in [-0.05, 0) is 18.1 Å². The van der Waals surface area contributed by atoms with Gasteiger partial charge in [0, 0.05) is 12.0 Å². The summed E-state index contributed by atoms with van der Waals surface area (Å²) in [5.41, 5.74) is 3.52. The molecule has 2 amide bonds.